The first-order valence-corrected chi connectivity index (χ1v) is 9.41. The van der Waals surface area contributed by atoms with Crippen molar-refractivity contribution in [2.45, 2.75) is 23.9 Å². The molecule has 3 aromatic rings. The molecule has 5 nitrogen and oxygen atoms in total. The van der Waals surface area contributed by atoms with Gasteiger partial charge in [0.15, 0.2) is 5.16 Å². The summed E-state index contributed by atoms with van der Waals surface area (Å²) < 4.78 is 30.6. The van der Waals surface area contributed by atoms with Crippen LogP contribution in [0.15, 0.2) is 66.0 Å². The summed E-state index contributed by atoms with van der Waals surface area (Å²) in [6.45, 7) is -1.10. The van der Waals surface area contributed by atoms with Crippen LogP contribution in [0.5, 0.6) is 5.75 Å². The SMILES string of the molecule is CC(Sc1ncc(-c2ccccc2)n1C)C(=O)Nc1ccc(OC(F)F)cc1. The molecule has 28 heavy (non-hydrogen) atoms. The van der Waals surface area contributed by atoms with Crippen molar-refractivity contribution in [1.82, 2.24) is 9.55 Å². The lowest BCUT2D eigenvalue weighted by molar-refractivity contribution is -0.115. The number of nitrogens with one attached hydrogen (secondary N) is 1. The lowest BCUT2D eigenvalue weighted by Crippen LogP contribution is -2.22. The molecule has 0 fully saturated rings. The molecule has 1 atom stereocenters. The highest BCUT2D eigenvalue weighted by Gasteiger charge is 2.18. The number of ether oxygens (including phenoxy) is 1. The number of alkyl halides is 2. The monoisotopic (exact) mass is 403 g/mol. The third-order valence-corrected chi connectivity index (χ3v) is 5.17. The largest absolute Gasteiger partial charge is 0.435 e. The van der Waals surface area contributed by atoms with Crippen molar-refractivity contribution in [3.63, 3.8) is 0 Å². The number of benzene rings is 2. The van der Waals surface area contributed by atoms with E-state index in [9.17, 15) is 13.6 Å². The average molecular weight is 403 g/mol. The number of carbonyl (C=O) groups is 1. The summed E-state index contributed by atoms with van der Waals surface area (Å²) in [4.78, 5) is 16.9. The third-order valence-electron chi connectivity index (χ3n) is 4.01. The van der Waals surface area contributed by atoms with Gasteiger partial charge in [0.05, 0.1) is 17.1 Å². The third kappa shape index (κ3) is 4.89. The Bertz CT molecular complexity index is 930. The Morgan fingerprint density at radius 3 is 2.46 bits per heavy atom. The second-order valence-electron chi connectivity index (χ2n) is 6.00. The number of rotatable bonds is 7. The quantitative estimate of drug-likeness (QED) is 0.576. The van der Waals surface area contributed by atoms with E-state index in [-0.39, 0.29) is 11.7 Å². The summed E-state index contributed by atoms with van der Waals surface area (Å²) >= 11 is 1.34. The van der Waals surface area contributed by atoms with Gasteiger partial charge < -0.3 is 14.6 Å². The van der Waals surface area contributed by atoms with Gasteiger partial charge in [0.2, 0.25) is 5.91 Å². The molecular weight excluding hydrogens is 384 g/mol. The van der Waals surface area contributed by atoms with E-state index in [4.69, 9.17) is 0 Å². The van der Waals surface area contributed by atoms with Crippen molar-refractivity contribution in [2.24, 2.45) is 7.05 Å². The van der Waals surface area contributed by atoms with Gasteiger partial charge in [-0.3, -0.25) is 4.79 Å². The van der Waals surface area contributed by atoms with Crippen LogP contribution in [0.1, 0.15) is 6.92 Å². The molecule has 1 unspecified atom stereocenters. The minimum absolute atomic E-state index is 0.0388. The van der Waals surface area contributed by atoms with Gasteiger partial charge >= 0.3 is 6.61 Å². The molecule has 0 saturated heterocycles. The van der Waals surface area contributed by atoms with Gasteiger partial charge in [0.25, 0.3) is 0 Å². The minimum Gasteiger partial charge on any atom is -0.435 e. The standard InChI is InChI=1S/C20H19F2N3O2S/c1-13(18(26)24-15-8-10-16(11-9-15)27-19(21)22)28-20-23-12-17(25(20)2)14-6-4-3-5-7-14/h3-13,19H,1-2H3,(H,24,26). The van der Waals surface area contributed by atoms with Gasteiger partial charge in [-0.2, -0.15) is 8.78 Å². The fourth-order valence-corrected chi connectivity index (χ4v) is 3.41. The molecule has 146 valence electrons. The van der Waals surface area contributed by atoms with Crippen LogP contribution in [0.25, 0.3) is 11.3 Å². The Balaban J connectivity index is 1.62. The van der Waals surface area contributed by atoms with Crippen LogP contribution >= 0.6 is 11.8 Å². The topological polar surface area (TPSA) is 56.2 Å². The molecule has 0 spiro atoms. The van der Waals surface area contributed by atoms with E-state index in [1.54, 1.807) is 13.1 Å². The number of hydrogen-bond acceptors (Lipinski definition) is 4. The number of hydrogen-bond donors (Lipinski definition) is 1. The summed E-state index contributed by atoms with van der Waals surface area (Å²) in [5.74, 6) is -0.173. The van der Waals surface area contributed by atoms with E-state index in [0.717, 1.165) is 16.4 Å². The summed E-state index contributed by atoms with van der Waals surface area (Å²) in [5, 5.41) is 3.08. The number of thioether (sulfide) groups is 1. The molecule has 2 aromatic carbocycles. The summed E-state index contributed by atoms with van der Waals surface area (Å²) in [6, 6.07) is 15.7. The maximum Gasteiger partial charge on any atom is 0.387 e. The zero-order chi connectivity index (χ0) is 20.1. The molecule has 3 rings (SSSR count). The predicted molar refractivity (Wildman–Crippen MR) is 106 cm³/mol. The van der Waals surface area contributed by atoms with Crippen molar-refractivity contribution in [3.05, 3.63) is 60.8 Å². The zero-order valence-corrected chi connectivity index (χ0v) is 16.1. The molecule has 0 saturated carbocycles. The number of carbonyl (C=O) groups excluding carboxylic acids is 1. The highest BCUT2D eigenvalue weighted by molar-refractivity contribution is 8.00. The van der Waals surface area contributed by atoms with Crippen molar-refractivity contribution in [2.75, 3.05) is 5.32 Å². The molecule has 0 bridgehead atoms. The number of amides is 1. The minimum atomic E-state index is -2.88. The van der Waals surface area contributed by atoms with Gasteiger partial charge in [0.1, 0.15) is 5.75 Å². The summed E-state index contributed by atoms with van der Waals surface area (Å²) in [6.07, 6.45) is 1.78. The Morgan fingerprint density at radius 2 is 1.82 bits per heavy atom. The van der Waals surface area contributed by atoms with Crippen LogP contribution in [-0.2, 0) is 11.8 Å². The van der Waals surface area contributed by atoms with Crippen molar-refractivity contribution >= 4 is 23.4 Å². The highest BCUT2D eigenvalue weighted by Crippen LogP contribution is 2.28. The predicted octanol–water partition coefficient (Wildman–Crippen LogP) is 4.81. The highest BCUT2D eigenvalue weighted by atomic mass is 32.2. The van der Waals surface area contributed by atoms with E-state index in [1.807, 2.05) is 41.9 Å². The summed E-state index contributed by atoms with van der Waals surface area (Å²) in [5.41, 5.74) is 2.52. The van der Waals surface area contributed by atoms with Gasteiger partial charge in [-0.05, 0) is 36.8 Å². The lowest BCUT2D eigenvalue weighted by Gasteiger charge is -2.13. The maximum atomic E-state index is 12.4. The van der Waals surface area contributed by atoms with Crippen molar-refractivity contribution in [1.29, 1.82) is 0 Å². The van der Waals surface area contributed by atoms with Crippen LogP contribution in [-0.4, -0.2) is 27.3 Å². The van der Waals surface area contributed by atoms with Gasteiger partial charge in [-0.25, -0.2) is 4.98 Å². The maximum absolute atomic E-state index is 12.4. The van der Waals surface area contributed by atoms with Crippen molar-refractivity contribution < 1.29 is 18.3 Å². The average Bonchev–Trinajstić information content (AvgIpc) is 3.04. The van der Waals surface area contributed by atoms with Crippen LogP contribution in [0.4, 0.5) is 14.5 Å². The fourth-order valence-electron chi connectivity index (χ4n) is 2.55. The van der Waals surface area contributed by atoms with Gasteiger partial charge in [-0.1, -0.05) is 42.1 Å². The van der Waals surface area contributed by atoms with E-state index in [0.29, 0.717) is 5.69 Å². The van der Waals surface area contributed by atoms with Gasteiger partial charge in [0, 0.05) is 12.7 Å². The molecule has 1 N–H and O–H groups in total. The Hall–Kier alpha value is -2.87. The van der Waals surface area contributed by atoms with Crippen LogP contribution in [0, 0.1) is 0 Å². The normalized spacial score (nSPS) is 12.0. The number of nitrogens with zero attached hydrogens (tertiary/aromatic N) is 2. The molecular formula is C20H19F2N3O2S. The zero-order valence-electron chi connectivity index (χ0n) is 15.3. The molecule has 0 aliphatic rings. The first-order valence-electron chi connectivity index (χ1n) is 8.53. The van der Waals surface area contributed by atoms with Crippen molar-refractivity contribution in [3.8, 4) is 17.0 Å². The molecule has 1 aromatic heterocycles. The molecule has 8 heteroatoms. The van der Waals surface area contributed by atoms with Crippen LogP contribution < -0.4 is 10.1 Å². The number of imidazole rings is 1. The Morgan fingerprint density at radius 1 is 1.14 bits per heavy atom. The summed E-state index contributed by atoms with van der Waals surface area (Å²) in [7, 11) is 1.91. The van der Waals surface area contributed by atoms with Gasteiger partial charge in [-0.15, -0.1) is 0 Å². The molecule has 0 radical (unpaired) electrons. The first kappa shape index (κ1) is 19.9. The smallest absolute Gasteiger partial charge is 0.387 e. The Kier molecular flexibility index (Phi) is 6.30. The fraction of sp³-hybridized carbons (Fsp3) is 0.200. The first-order chi connectivity index (χ1) is 13.4. The van der Waals surface area contributed by atoms with E-state index in [1.165, 1.54) is 36.0 Å². The van der Waals surface area contributed by atoms with E-state index in [2.05, 4.69) is 15.0 Å². The second kappa shape index (κ2) is 8.88. The van der Waals surface area contributed by atoms with E-state index >= 15 is 0 Å². The number of aromatic nitrogens is 2. The van der Waals surface area contributed by atoms with Crippen LogP contribution in [0.3, 0.4) is 0 Å². The molecule has 1 heterocycles. The second-order valence-corrected chi connectivity index (χ2v) is 7.31. The number of anilines is 1. The molecule has 0 aliphatic carbocycles. The van der Waals surface area contributed by atoms with E-state index < -0.39 is 11.9 Å². The molecule has 1 amide bonds. The molecule has 0 aliphatic heterocycles. The Labute approximate surface area is 165 Å². The van der Waals surface area contributed by atoms with Crippen LogP contribution in [0.2, 0.25) is 0 Å². The number of halogens is 2. The lowest BCUT2D eigenvalue weighted by atomic mass is 10.2.